The van der Waals surface area contributed by atoms with Crippen molar-refractivity contribution in [3.63, 3.8) is 0 Å². The number of anilines is 1. The van der Waals surface area contributed by atoms with Gasteiger partial charge in [-0.05, 0) is 25.0 Å². The zero-order valence-corrected chi connectivity index (χ0v) is 17.0. The maximum Gasteiger partial charge on any atom is 0.332 e. The lowest BCUT2D eigenvalue weighted by Gasteiger charge is -2.22. The number of aryl methyl sites for hydroxylation is 2. The Morgan fingerprint density at radius 2 is 1.86 bits per heavy atom. The highest BCUT2D eigenvalue weighted by molar-refractivity contribution is 7.99. The molecule has 1 amide bonds. The molecular formula is C19H21N5O3S. The Balaban J connectivity index is 1.63. The van der Waals surface area contributed by atoms with Crippen LogP contribution in [0, 0.1) is 0 Å². The lowest BCUT2D eigenvalue weighted by atomic mass is 10.1. The molecule has 0 saturated heterocycles. The Hall–Kier alpha value is -2.81. The van der Waals surface area contributed by atoms with Crippen LogP contribution in [0.25, 0.3) is 11.2 Å². The van der Waals surface area contributed by atoms with Crippen LogP contribution in [0.3, 0.4) is 0 Å². The zero-order chi connectivity index (χ0) is 20.2. The predicted molar refractivity (Wildman–Crippen MR) is 109 cm³/mol. The van der Waals surface area contributed by atoms with Crippen LogP contribution in [-0.2, 0) is 32.4 Å². The number of aromatic nitrogens is 4. The summed E-state index contributed by atoms with van der Waals surface area (Å²) in [5.74, 6) is 0.195. The van der Waals surface area contributed by atoms with Gasteiger partial charge in [-0.25, -0.2) is 9.78 Å². The number of nitrogens with zero attached hydrogens (tertiary/aromatic N) is 5. The molecule has 4 rings (SSSR count). The van der Waals surface area contributed by atoms with E-state index in [0.29, 0.717) is 16.3 Å². The minimum atomic E-state index is -0.425. The molecule has 0 N–H and O–H groups in total. The van der Waals surface area contributed by atoms with Crippen molar-refractivity contribution in [1.82, 2.24) is 18.7 Å². The van der Waals surface area contributed by atoms with Crippen molar-refractivity contribution in [2.45, 2.75) is 24.5 Å². The van der Waals surface area contributed by atoms with Crippen molar-refractivity contribution in [3.8, 4) is 0 Å². The molecule has 8 nitrogen and oxygen atoms in total. The molecule has 0 saturated carbocycles. The number of hydrogen-bond acceptors (Lipinski definition) is 5. The summed E-state index contributed by atoms with van der Waals surface area (Å²) in [5, 5.41) is 0.529. The van der Waals surface area contributed by atoms with Crippen molar-refractivity contribution in [2.75, 3.05) is 10.7 Å². The van der Waals surface area contributed by atoms with E-state index in [0.717, 1.165) is 16.7 Å². The molecule has 3 heterocycles. The molecule has 9 heteroatoms. The van der Waals surface area contributed by atoms with Gasteiger partial charge in [0.15, 0.2) is 16.3 Å². The average molecular weight is 399 g/mol. The number of benzene rings is 1. The van der Waals surface area contributed by atoms with Crippen molar-refractivity contribution in [3.05, 3.63) is 50.7 Å². The summed E-state index contributed by atoms with van der Waals surface area (Å²) in [7, 11) is 4.75. The molecule has 2 aromatic heterocycles. The number of hydrogen-bond donors (Lipinski definition) is 0. The Morgan fingerprint density at radius 3 is 2.61 bits per heavy atom. The first-order valence-electron chi connectivity index (χ1n) is 8.96. The number of carbonyl (C=O) groups excluding carboxylic acids is 1. The summed E-state index contributed by atoms with van der Waals surface area (Å²) in [6.07, 6.45) is 0.844. The lowest BCUT2D eigenvalue weighted by Crippen LogP contribution is -2.37. The average Bonchev–Trinajstić information content (AvgIpc) is 3.19. The van der Waals surface area contributed by atoms with Crippen LogP contribution in [0.1, 0.15) is 12.5 Å². The van der Waals surface area contributed by atoms with Gasteiger partial charge >= 0.3 is 5.69 Å². The molecule has 28 heavy (non-hydrogen) atoms. The molecule has 1 aliphatic heterocycles. The van der Waals surface area contributed by atoms with E-state index in [4.69, 9.17) is 0 Å². The van der Waals surface area contributed by atoms with Crippen LogP contribution in [0.4, 0.5) is 5.69 Å². The molecule has 1 aromatic carbocycles. The highest BCUT2D eigenvalue weighted by Crippen LogP contribution is 2.32. The van der Waals surface area contributed by atoms with Crippen LogP contribution in [0.15, 0.2) is 39.0 Å². The third-order valence-corrected chi connectivity index (χ3v) is 6.25. The standard InChI is InChI=1S/C19H21N5O3S/c1-11-9-12-7-5-6-8-13(12)24(11)14(25)10-28-18-20-16-15(21(18)2)17(26)23(4)19(27)22(16)3/h5-8,11H,9-10H2,1-4H3/t11-/m1/s1. The molecule has 0 bridgehead atoms. The fourth-order valence-electron chi connectivity index (χ4n) is 3.77. The van der Waals surface area contributed by atoms with Gasteiger partial charge in [-0.1, -0.05) is 30.0 Å². The van der Waals surface area contributed by atoms with Crippen LogP contribution in [0.2, 0.25) is 0 Å². The number of rotatable bonds is 3. The van der Waals surface area contributed by atoms with E-state index in [1.54, 1.807) is 18.7 Å². The number of amides is 1. The van der Waals surface area contributed by atoms with Gasteiger partial charge in [0, 0.05) is 32.9 Å². The first-order valence-corrected chi connectivity index (χ1v) is 9.95. The van der Waals surface area contributed by atoms with Crippen LogP contribution in [0.5, 0.6) is 0 Å². The Labute approximate surface area is 165 Å². The number of para-hydroxylation sites is 1. The Morgan fingerprint density at radius 1 is 1.14 bits per heavy atom. The SMILES string of the molecule is C[C@@H]1Cc2ccccc2N1C(=O)CSc1nc2c(c(=O)n(C)c(=O)n2C)n1C. The molecule has 3 aromatic rings. The van der Waals surface area contributed by atoms with E-state index in [1.165, 1.54) is 28.9 Å². The van der Waals surface area contributed by atoms with Crippen LogP contribution < -0.4 is 16.1 Å². The minimum absolute atomic E-state index is 0.00343. The van der Waals surface area contributed by atoms with E-state index in [-0.39, 0.29) is 17.7 Å². The summed E-state index contributed by atoms with van der Waals surface area (Å²) in [6, 6.07) is 8.05. The first kappa shape index (κ1) is 18.5. The van der Waals surface area contributed by atoms with Crippen LogP contribution in [-0.4, -0.2) is 36.4 Å². The van der Waals surface area contributed by atoms with E-state index in [1.807, 2.05) is 36.1 Å². The van der Waals surface area contributed by atoms with Gasteiger partial charge in [0.1, 0.15) is 0 Å². The quantitative estimate of drug-likeness (QED) is 0.615. The van der Waals surface area contributed by atoms with Gasteiger partial charge < -0.3 is 9.47 Å². The number of imidazole rings is 1. The fraction of sp³-hybridized carbons (Fsp3) is 0.368. The summed E-state index contributed by atoms with van der Waals surface area (Å²) >= 11 is 1.27. The normalized spacial score (nSPS) is 16.0. The molecule has 0 radical (unpaired) electrons. The van der Waals surface area contributed by atoms with E-state index >= 15 is 0 Å². The highest BCUT2D eigenvalue weighted by Gasteiger charge is 2.30. The topological polar surface area (TPSA) is 82.1 Å². The van der Waals surface area contributed by atoms with Gasteiger partial charge in [-0.3, -0.25) is 18.7 Å². The van der Waals surface area contributed by atoms with Crippen LogP contribution >= 0.6 is 11.8 Å². The second-order valence-corrected chi connectivity index (χ2v) is 8.01. The molecule has 0 unspecified atom stereocenters. The summed E-state index contributed by atoms with van der Waals surface area (Å²) in [5.41, 5.74) is 1.99. The minimum Gasteiger partial charge on any atom is -0.316 e. The molecule has 1 aliphatic rings. The third kappa shape index (κ3) is 2.69. The van der Waals surface area contributed by atoms with Gasteiger partial charge in [-0.2, -0.15) is 0 Å². The Bertz CT molecular complexity index is 1220. The monoisotopic (exact) mass is 399 g/mol. The highest BCUT2D eigenvalue weighted by atomic mass is 32.2. The van der Waals surface area contributed by atoms with E-state index in [2.05, 4.69) is 4.98 Å². The van der Waals surface area contributed by atoms with Crippen molar-refractivity contribution in [1.29, 1.82) is 0 Å². The molecule has 0 aliphatic carbocycles. The first-order chi connectivity index (χ1) is 13.3. The van der Waals surface area contributed by atoms with Crippen molar-refractivity contribution in [2.24, 2.45) is 21.1 Å². The zero-order valence-electron chi connectivity index (χ0n) is 16.2. The molecule has 1 atom stereocenters. The van der Waals surface area contributed by atoms with Gasteiger partial charge in [-0.15, -0.1) is 0 Å². The fourth-order valence-corrected chi connectivity index (χ4v) is 4.60. The smallest absolute Gasteiger partial charge is 0.316 e. The number of fused-ring (bicyclic) bond motifs is 2. The summed E-state index contributed by atoms with van der Waals surface area (Å²) in [6.45, 7) is 2.04. The largest absolute Gasteiger partial charge is 0.332 e. The van der Waals surface area contributed by atoms with Crippen molar-refractivity contribution >= 4 is 34.5 Å². The van der Waals surface area contributed by atoms with Gasteiger partial charge in [0.05, 0.1) is 5.75 Å². The second-order valence-electron chi connectivity index (χ2n) is 7.07. The third-order valence-electron chi connectivity index (χ3n) is 5.24. The lowest BCUT2D eigenvalue weighted by molar-refractivity contribution is -0.116. The maximum absolute atomic E-state index is 12.9. The van der Waals surface area contributed by atoms with E-state index < -0.39 is 11.2 Å². The maximum atomic E-state index is 12.9. The van der Waals surface area contributed by atoms with Crippen molar-refractivity contribution < 1.29 is 4.79 Å². The second kappa shape index (κ2) is 6.66. The Kier molecular flexibility index (Phi) is 4.41. The summed E-state index contributed by atoms with van der Waals surface area (Å²) < 4.78 is 4.06. The molecular weight excluding hydrogens is 378 g/mol. The number of thioether (sulfide) groups is 1. The molecule has 0 spiro atoms. The predicted octanol–water partition coefficient (Wildman–Crippen LogP) is 1.04. The van der Waals surface area contributed by atoms with E-state index in [9.17, 15) is 14.4 Å². The van der Waals surface area contributed by atoms with Gasteiger partial charge in [0.2, 0.25) is 5.91 Å². The number of carbonyl (C=O) groups is 1. The molecule has 0 fully saturated rings. The molecule has 146 valence electrons. The van der Waals surface area contributed by atoms with Gasteiger partial charge in [0.25, 0.3) is 5.56 Å². The summed E-state index contributed by atoms with van der Waals surface area (Å²) in [4.78, 5) is 43.8.